The highest BCUT2D eigenvalue weighted by molar-refractivity contribution is 5.94. The molecule has 0 saturated carbocycles. The number of hydrogen-bond acceptors (Lipinski definition) is 5. The molecule has 0 radical (unpaired) electrons. The van der Waals surface area contributed by atoms with Crippen LogP contribution in [0.25, 0.3) is 0 Å². The molecule has 1 aromatic carbocycles. The van der Waals surface area contributed by atoms with E-state index in [0.717, 1.165) is 19.4 Å². The lowest BCUT2D eigenvalue weighted by molar-refractivity contribution is -0.385. The summed E-state index contributed by atoms with van der Waals surface area (Å²) in [6.45, 7) is 1.34. The lowest BCUT2D eigenvalue weighted by Gasteiger charge is -2.12. The summed E-state index contributed by atoms with van der Waals surface area (Å²) in [5.74, 6) is -0.173. The van der Waals surface area contributed by atoms with Crippen molar-refractivity contribution in [1.29, 1.82) is 0 Å². The molecular weight excluding hydrogens is 262 g/mol. The highest BCUT2D eigenvalue weighted by atomic mass is 16.6. The van der Waals surface area contributed by atoms with Gasteiger partial charge < -0.3 is 15.4 Å². The summed E-state index contributed by atoms with van der Waals surface area (Å²) in [5.41, 5.74) is 0.0506. The summed E-state index contributed by atoms with van der Waals surface area (Å²) in [5, 5.41) is 16.7. The molecule has 1 atom stereocenters. The summed E-state index contributed by atoms with van der Waals surface area (Å²) >= 11 is 0. The second-order valence-corrected chi connectivity index (χ2v) is 4.62. The molecule has 1 saturated heterocycles. The fourth-order valence-electron chi connectivity index (χ4n) is 2.16. The van der Waals surface area contributed by atoms with E-state index in [0.29, 0.717) is 6.61 Å². The molecule has 1 heterocycles. The number of carbonyl (C=O) groups excluding carboxylic acids is 1. The first-order valence-electron chi connectivity index (χ1n) is 6.48. The summed E-state index contributed by atoms with van der Waals surface area (Å²) in [6.07, 6.45) is 2.09. The number of ether oxygens (including phenoxy) is 1. The Morgan fingerprint density at radius 3 is 3.00 bits per heavy atom. The molecule has 1 aromatic rings. The van der Waals surface area contributed by atoms with Gasteiger partial charge in [0.1, 0.15) is 6.61 Å². The average molecular weight is 279 g/mol. The van der Waals surface area contributed by atoms with Gasteiger partial charge in [-0.05, 0) is 31.5 Å². The molecule has 1 aliphatic rings. The molecular formula is C13H17N3O4. The Kier molecular flexibility index (Phi) is 4.52. The van der Waals surface area contributed by atoms with Gasteiger partial charge in [-0.25, -0.2) is 0 Å². The van der Waals surface area contributed by atoms with Crippen molar-refractivity contribution in [3.8, 4) is 5.75 Å². The van der Waals surface area contributed by atoms with Gasteiger partial charge in [-0.1, -0.05) is 0 Å². The van der Waals surface area contributed by atoms with Gasteiger partial charge in [0.25, 0.3) is 5.91 Å². The number of benzene rings is 1. The molecule has 2 rings (SSSR count). The second-order valence-electron chi connectivity index (χ2n) is 4.62. The Morgan fingerprint density at radius 1 is 1.60 bits per heavy atom. The first-order chi connectivity index (χ1) is 9.61. The average Bonchev–Trinajstić information content (AvgIpc) is 2.97. The van der Waals surface area contributed by atoms with Crippen molar-refractivity contribution < 1.29 is 14.5 Å². The molecule has 20 heavy (non-hydrogen) atoms. The molecule has 1 amide bonds. The summed E-state index contributed by atoms with van der Waals surface area (Å²) < 4.78 is 5.51. The number of nitro benzene ring substituents is 1. The molecule has 7 nitrogen and oxygen atoms in total. The van der Waals surface area contributed by atoms with E-state index in [1.807, 2.05) is 0 Å². The third-order valence-corrected chi connectivity index (χ3v) is 3.25. The molecule has 108 valence electrons. The van der Waals surface area contributed by atoms with Crippen LogP contribution >= 0.6 is 0 Å². The van der Waals surface area contributed by atoms with Crippen LogP contribution in [0.15, 0.2) is 18.2 Å². The Hall–Kier alpha value is -2.15. The number of nitrogens with one attached hydrogen (secondary N) is 2. The Bertz CT molecular complexity index is 512. The van der Waals surface area contributed by atoms with Crippen molar-refractivity contribution in [2.45, 2.75) is 18.9 Å². The molecule has 0 bridgehead atoms. The molecule has 1 fully saturated rings. The number of rotatable bonds is 5. The smallest absolute Gasteiger partial charge is 0.311 e. The van der Waals surface area contributed by atoms with Crippen LogP contribution < -0.4 is 15.4 Å². The minimum absolute atomic E-state index is 0.191. The number of nitro groups is 1. The maximum Gasteiger partial charge on any atom is 0.311 e. The van der Waals surface area contributed by atoms with E-state index < -0.39 is 4.92 Å². The monoisotopic (exact) mass is 279 g/mol. The molecule has 7 heteroatoms. The van der Waals surface area contributed by atoms with E-state index in [-0.39, 0.29) is 28.9 Å². The number of hydrogen-bond donors (Lipinski definition) is 2. The van der Waals surface area contributed by atoms with Crippen molar-refractivity contribution in [3.63, 3.8) is 0 Å². The molecule has 1 aliphatic heterocycles. The van der Waals surface area contributed by atoms with Gasteiger partial charge in [-0.3, -0.25) is 14.9 Å². The summed E-state index contributed by atoms with van der Waals surface area (Å²) in [6, 6.07) is 4.45. The minimum atomic E-state index is -0.538. The number of nitrogens with zero attached hydrogens (tertiary/aromatic N) is 1. The lowest BCUT2D eigenvalue weighted by Crippen LogP contribution is -2.28. The molecule has 0 spiro atoms. The molecule has 0 aromatic heterocycles. The van der Waals surface area contributed by atoms with Gasteiger partial charge in [0.15, 0.2) is 5.75 Å². The number of amides is 1. The predicted molar refractivity (Wildman–Crippen MR) is 73.0 cm³/mol. The van der Waals surface area contributed by atoms with E-state index in [1.165, 1.54) is 25.2 Å². The quantitative estimate of drug-likeness (QED) is 0.621. The van der Waals surface area contributed by atoms with Gasteiger partial charge in [0.05, 0.1) is 4.92 Å². The second kappa shape index (κ2) is 6.33. The zero-order chi connectivity index (χ0) is 14.5. The third kappa shape index (κ3) is 3.24. The van der Waals surface area contributed by atoms with Gasteiger partial charge in [-0.15, -0.1) is 0 Å². The van der Waals surface area contributed by atoms with Crippen molar-refractivity contribution in [2.24, 2.45) is 0 Å². The van der Waals surface area contributed by atoms with E-state index >= 15 is 0 Å². The SMILES string of the molecule is CNC(=O)c1ccc(OCC2CCCN2)c([N+](=O)[O-])c1. The summed E-state index contributed by atoms with van der Waals surface area (Å²) in [4.78, 5) is 22.0. The van der Waals surface area contributed by atoms with E-state index in [9.17, 15) is 14.9 Å². The van der Waals surface area contributed by atoms with Crippen LogP contribution in [0.2, 0.25) is 0 Å². The van der Waals surface area contributed by atoms with Crippen LogP contribution in [-0.4, -0.2) is 37.1 Å². The van der Waals surface area contributed by atoms with E-state index in [4.69, 9.17) is 4.74 Å². The van der Waals surface area contributed by atoms with Crippen LogP contribution in [0.5, 0.6) is 5.75 Å². The minimum Gasteiger partial charge on any atom is -0.485 e. The summed E-state index contributed by atoms with van der Waals surface area (Å²) in [7, 11) is 1.48. The Morgan fingerprint density at radius 2 is 2.40 bits per heavy atom. The largest absolute Gasteiger partial charge is 0.485 e. The van der Waals surface area contributed by atoms with Crippen molar-refractivity contribution in [3.05, 3.63) is 33.9 Å². The van der Waals surface area contributed by atoms with Crippen molar-refractivity contribution >= 4 is 11.6 Å². The first kappa shape index (κ1) is 14.3. The van der Waals surface area contributed by atoms with Crippen LogP contribution in [-0.2, 0) is 0 Å². The highest BCUT2D eigenvalue weighted by Gasteiger charge is 2.20. The van der Waals surface area contributed by atoms with E-state index in [1.54, 1.807) is 0 Å². The maximum absolute atomic E-state index is 11.5. The first-order valence-corrected chi connectivity index (χ1v) is 6.48. The van der Waals surface area contributed by atoms with E-state index in [2.05, 4.69) is 10.6 Å². The topological polar surface area (TPSA) is 93.5 Å². The van der Waals surface area contributed by atoms with Crippen LogP contribution in [0.3, 0.4) is 0 Å². The fraction of sp³-hybridized carbons (Fsp3) is 0.462. The predicted octanol–water partition coefficient (Wildman–Crippen LogP) is 1.09. The van der Waals surface area contributed by atoms with Crippen LogP contribution in [0.4, 0.5) is 5.69 Å². The molecule has 2 N–H and O–H groups in total. The molecule has 0 aliphatic carbocycles. The standard InChI is InChI=1S/C13H17N3O4/c1-14-13(17)9-4-5-12(11(7-9)16(18)19)20-8-10-3-2-6-15-10/h4-5,7,10,15H,2-3,6,8H2,1H3,(H,14,17). The molecule has 1 unspecified atom stereocenters. The maximum atomic E-state index is 11.5. The Balaban J connectivity index is 2.14. The lowest BCUT2D eigenvalue weighted by atomic mass is 10.1. The highest BCUT2D eigenvalue weighted by Crippen LogP contribution is 2.28. The number of carbonyl (C=O) groups is 1. The van der Waals surface area contributed by atoms with Gasteiger partial charge >= 0.3 is 5.69 Å². The zero-order valence-electron chi connectivity index (χ0n) is 11.2. The zero-order valence-corrected chi connectivity index (χ0v) is 11.2. The van der Waals surface area contributed by atoms with Gasteiger partial charge in [0, 0.05) is 24.7 Å². The normalized spacial score (nSPS) is 17.8. The van der Waals surface area contributed by atoms with Crippen LogP contribution in [0, 0.1) is 10.1 Å². The van der Waals surface area contributed by atoms with Crippen LogP contribution in [0.1, 0.15) is 23.2 Å². The Labute approximate surface area is 116 Å². The van der Waals surface area contributed by atoms with Crippen molar-refractivity contribution in [1.82, 2.24) is 10.6 Å². The van der Waals surface area contributed by atoms with Gasteiger partial charge in [0.2, 0.25) is 0 Å². The third-order valence-electron chi connectivity index (χ3n) is 3.25. The van der Waals surface area contributed by atoms with Gasteiger partial charge in [-0.2, -0.15) is 0 Å². The fourth-order valence-corrected chi connectivity index (χ4v) is 2.16. The van der Waals surface area contributed by atoms with Crippen molar-refractivity contribution in [2.75, 3.05) is 20.2 Å².